The number of nitrogens with zero attached hydrogens (tertiary/aromatic N) is 1. The molecule has 3 N–H and O–H groups in total. The number of allylic oxidation sites excluding steroid dienone is 1. The van der Waals surface area contributed by atoms with Gasteiger partial charge in [-0.05, 0) is 54.3 Å². The van der Waals surface area contributed by atoms with Gasteiger partial charge in [-0.15, -0.1) is 11.3 Å². The number of hydrogen-bond donors (Lipinski definition) is 3. The molecule has 0 amide bonds. The third-order valence-electron chi connectivity index (χ3n) is 6.92. The molecular weight excluding hydrogens is 512 g/mol. The van der Waals surface area contributed by atoms with E-state index in [9.17, 15) is 8.42 Å². The van der Waals surface area contributed by atoms with Crippen molar-refractivity contribution >= 4 is 27.1 Å². The summed E-state index contributed by atoms with van der Waals surface area (Å²) in [7, 11) is -3.56. The minimum Gasteiger partial charge on any atom is -0.388 e. The maximum atomic E-state index is 13.0. The second-order valence-electron chi connectivity index (χ2n) is 9.70. The average Bonchev–Trinajstić information content (AvgIpc) is 3.49. The second kappa shape index (κ2) is 13.8. The lowest BCUT2D eigenvalue weighted by Gasteiger charge is -2.31. The Kier molecular flexibility index (Phi) is 10.3. The SMILES string of the molecule is CCNC(CC(=N)Cc1ccccc1)=C1CCN(CC[C@H](NS(=O)(=O)c2cccs2)c2ccccc2)CC1. The molecule has 0 spiro atoms. The van der Waals surface area contributed by atoms with Crippen LogP contribution in [0.25, 0.3) is 0 Å². The molecule has 6 nitrogen and oxygen atoms in total. The summed E-state index contributed by atoms with van der Waals surface area (Å²) in [6, 6.07) is 23.2. The van der Waals surface area contributed by atoms with E-state index in [4.69, 9.17) is 5.41 Å². The van der Waals surface area contributed by atoms with Gasteiger partial charge in [0.05, 0.1) is 0 Å². The summed E-state index contributed by atoms with van der Waals surface area (Å²) in [5, 5.41) is 13.9. The third kappa shape index (κ3) is 8.11. The number of piperidine rings is 1. The molecule has 0 saturated carbocycles. The summed E-state index contributed by atoms with van der Waals surface area (Å²) in [4.78, 5) is 2.43. The summed E-state index contributed by atoms with van der Waals surface area (Å²) >= 11 is 1.24. The van der Waals surface area contributed by atoms with Gasteiger partial charge in [-0.25, -0.2) is 13.1 Å². The molecule has 202 valence electrons. The van der Waals surface area contributed by atoms with Crippen LogP contribution >= 0.6 is 11.3 Å². The van der Waals surface area contributed by atoms with Gasteiger partial charge >= 0.3 is 0 Å². The van der Waals surface area contributed by atoms with Gasteiger partial charge in [0.1, 0.15) is 4.21 Å². The zero-order valence-electron chi connectivity index (χ0n) is 22.0. The smallest absolute Gasteiger partial charge is 0.250 e. The van der Waals surface area contributed by atoms with E-state index in [2.05, 4.69) is 34.0 Å². The van der Waals surface area contributed by atoms with E-state index >= 15 is 0 Å². The fourth-order valence-corrected chi connectivity index (χ4v) is 7.21. The monoisotopic (exact) mass is 550 g/mol. The molecule has 1 fully saturated rings. The average molecular weight is 551 g/mol. The van der Waals surface area contributed by atoms with Crippen molar-refractivity contribution in [3.63, 3.8) is 0 Å². The third-order valence-corrected chi connectivity index (χ3v) is 9.79. The summed E-state index contributed by atoms with van der Waals surface area (Å²) in [6.07, 6.45) is 3.99. The number of hydrogen-bond acceptors (Lipinski definition) is 6. The van der Waals surface area contributed by atoms with Gasteiger partial charge in [-0.1, -0.05) is 66.7 Å². The topological polar surface area (TPSA) is 85.3 Å². The molecule has 1 aliphatic heterocycles. The number of sulfonamides is 1. The van der Waals surface area contributed by atoms with Crippen molar-refractivity contribution in [1.29, 1.82) is 5.41 Å². The number of nitrogens with one attached hydrogen (secondary N) is 3. The molecule has 2 heterocycles. The van der Waals surface area contributed by atoms with E-state index in [1.807, 2.05) is 48.5 Å². The van der Waals surface area contributed by atoms with Gasteiger partial charge in [0.2, 0.25) is 0 Å². The second-order valence-corrected chi connectivity index (χ2v) is 12.6. The molecule has 4 rings (SSSR count). The van der Waals surface area contributed by atoms with E-state index in [0.717, 1.165) is 50.3 Å². The molecule has 0 aliphatic carbocycles. The quantitative estimate of drug-likeness (QED) is 0.236. The predicted octanol–water partition coefficient (Wildman–Crippen LogP) is 5.77. The molecule has 1 aromatic heterocycles. The molecule has 3 aromatic rings. The van der Waals surface area contributed by atoms with Crippen LogP contribution in [-0.2, 0) is 16.4 Å². The normalized spacial score (nSPS) is 15.2. The van der Waals surface area contributed by atoms with Crippen molar-refractivity contribution in [3.8, 4) is 0 Å². The first-order valence-electron chi connectivity index (χ1n) is 13.3. The Bertz CT molecular complexity index is 1280. The highest BCUT2D eigenvalue weighted by atomic mass is 32.2. The Hall–Kier alpha value is -2.78. The Morgan fingerprint density at radius 2 is 1.68 bits per heavy atom. The van der Waals surface area contributed by atoms with E-state index in [1.165, 1.54) is 28.2 Å². The van der Waals surface area contributed by atoms with Crippen molar-refractivity contribution in [3.05, 3.63) is 101 Å². The van der Waals surface area contributed by atoms with Crippen LogP contribution in [0.15, 0.2) is 93.7 Å². The van der Waals surface area contributed by atoms with Crippen LogP contribution in [0.4, 0.5) is 0 Å². The first-order chi connectivity index (χ1) is 18.4. The Morgan fingerprint density at radius 1 is 1.00 bits per heavy atom. The highest BCUT2D eigenvalue weighted by Crippen LogP contribution is 2.26. The van der Waals surface area contributed by atoms with Gasteiger partial charge < -0.3 is 15.6 Å². The van der Waals surface area contributed by atoms with Crippen molar-refractivity contribution in [2.24, 2.45) is 0 Å². The number of rotatable bonds is 13. The van der Waals surface area contributed by atoms with E-state index in [1.54, 1.807) is 17.5 Å². The molecule has 0 radical (unpaired) electrons. The lowest BCUT2D eigenvalue weighted by Crippen LogP contribution is -2.36. The Labute approximate surface area is 231 Å². The fourth-order valence-electron chi connectivity index (χ4n) is 4.94. The van der Waals surface area contributed by atoms with Crippen LogP contribution in [0.2, 0.25) is 0 Å². The summed E-state index contributed by atoms with van der Waals surface area (Å²) in [5.74, 6) is 0. The lowest BCUT2D eigenvalue weighted by atomic mass is 9.96. The molecule has 2 aromatic carbocycles. The fraction of sp³-hybridized carbons (Fsp3) is 0.367. The van der Waals surface area contributed by atoms with Crippen molar-refractivity contribution < 1.29 is 8.42 Å². The highest BCUT2D eigenvalue weighted by Gasteiger charge is 2.24. The van der Waals surface area contributed by atoms with Crippen molar-refractivity contribution in [2.75, 3.05) is 26.2 Å². The van der Waals surface area contributed by atoms with Crippen LogP contribution in [0.3, 0.4) is 0 Å². The minimum absolute atomic E-state index is 0.281. The lowest BCUT2D eigenvalue weighted by molar-refractivity contribution is 0.243. The maximum absolute atomic E-state index is 13.0. The summed E-state index contributed by atoms with van der Waals surface area (Å²) in [6.45, 7) is 5.66. The zero-order valence-corrected chi connectivity index (χ0v) is 23.7. The minimum atomic E-state index is -3.56. The van der Waals surface area contributed by atoms with Crippen LogP contribution in [0, 0.1) is 5.41 Å². The molecule has 1 aliphatic rings. The number of thiophene rings is 1. The summed E-state index contributed by atoms with van der Waals surface area (Å²) in [5.41, 5.74) is 5.51. The first-order valence-corrected chi connectivity index (χ1v) is 15.7. The van der Waals surface area contributed by atoms with Gasteiger partial charge in [-0.3, -0.25) is 0 Å². The largest absolute Gasteiger partial charge is 0.388 e. The van der Waals surface area contributed by atoms with Crippen LogP contribution in [0.5, 0.6) is 0 Å². The molecular formula is C30H38N4O2S2. The number of likely N-dealkylation sites (tertiary alicyclic amines) is 1. The van der Waals surface area contributed by atoms with E-state index in [-0.39, 0.29) is 6.04 Å². The maximum Gasteiger partial charge on any atom is 0.250 e. The van der Waals surface area contributed by atoms with Crippen LogP contribution in [0.1, 0.15) is 49.8 Å². The van der Waals surface area contributed by atoms with Gasteiger partial charge in [-0.2, -0.15) is 0 Å². The Morgan fingerprint density at radius 3 is 2.32 bits per heavy atom. The van der Waals surface area contributed by atoms with Crippen LogP contribution < -0.4 is 10.0 Å². The summed E-state index contributed by atoms with van der Waals surface area (Å²) < 4.78 is 29.2. The van der Waals surface area contributed by atoms with E-state index in [0.29, 0.717) is 23.5 Å². The molecule has 38 heavy (non-hydrogen) atoms. The molecule has 1 saturated heterocycles. The molecule has 0 bridgehead atoms. The zero-order chi connectivity index (χ0) is 26.8. The molecule has 0 unspecified atom stereocenters. The standard InChI is InChI=1S/C30H38N4O2S2/c1-2-32-29(23-27(31)22-24-10-5-3-6-11-24)26-15-18-34(19-16-26)20-17-28(25-12-7-4-8-13-25)33-38(35,36)30-14-9-21-37-30/h3-14,21,28,31-33H,2,15-20,22-23H2,1H3/t28-/m0/s1. The Balaban J connectivity index is 1.35. The number of benzene rings is 2. The van der Waals surface area contributed by atoms with Gasteiger partial charge in [0.15, 0.2) is 0 Å². The van der Waals surface area contributed by atoms with Crippen molar-refractivity contribution in [1.82, 2.24) is 14.9 Å². The molecule has 1 atom stereocenters. The van der Waals surface area contributed by atoms with Crippen molar-refractivity contribution in [2.45, 2.75) is 49.3 Å². The molecule has 8 heteroatoms. The first kappa shape index (κ1) is 28.2. The van der Waals surface area contributed by atoms with Gasteiger partial charge in [0, 0.05) is 56.5 Å². The predicted molar refractivity (Wildman–Crippen MR) is 157 cm³/mol. The highest BCUT2D eigenvalue weighted by molar-refractivity contribution is 7.91. The van der Waals surface area contributed by atoms with E-state index < -0.39 is 10.0 Å². The van der Waals surface area contributed by atoms with Gasteiger partial charge in [0.25, 0.3) is 10.0 Å². The van der Waals surface area contributed by atoms with Crippen LogP contribution in [-0.4, -0.2) is 45.2 Å².